The quantitative estimate of drug-likeness (QED) is 0.770. The molecule has 0 atom stereocenters. The molecule has 0 fully saturated rings. The van der Waals surface area contributed by atoms with Crippen LogP contribution in [-0.4, -0.2) is 12.8 Å². The van der Waals surface area contributed by atoms with Crippen molar-refractivity contribution in [3.8, 4) is 11.8 Å². The number of alkyl halides is 3. The fourth-order valence-corrected chi connectivity index (χ4v) is 0.920. The number of hydrogen-bond donors (Lipinski definition) is 1. The summed E-state index contributed by atoms with van der Waals surface area (Å²) in [4.78, 5) is 0. The second-order valence-corrected chi connectivity index (χ2v) is 2.77. The summed E-state index contributed by atoms with van der Waals surface area (Å²) in [6, 6.07) is 5.56. The van der Waals surface area contributed by atoms with Crippen molar-refractivity contribution >= 4 is 5.69 Å². The van der Waals surface area contributed by atoms with Gasteiger partial charge in [-0.3, -0.25) is 0 Å². The number of nitrogens with two attached hydrogens (primary N) is 1. The predicted molar refractivity (Wildman–Crippen MR) is 47.1 cm³/mol. The number of nitriles is 1. The van der Waals surface area contributed by atoms with Gasteiger partial charge in [0.2, 0.25) is 0 Å². The Balaban J connectivity index is 2.82. The summed E-state index contributed by atoms with van der Waals surface area (Å²) in [5, 5.41) is 8.61. The predicted octanol–water partition coefficient (Wildman–Crippen LogP) is 2.08. The number of anilines is 1. The number of benzene rings is 1. The van der Waals surface area contributed by atoms with E-state index in [4.69, 9.17) is 11.0 Å². The van der Waals surface area contributed by atoms with Crippen molar-refractivity contribution in [2.45, 2.75) is 6.18 Å². The molecule has 0 aliphatic heterocycles. The van der Waals surface area contributed by atoms with E-state index < -0.39 is 12.8 Å². The third-order valence-corrected chi connectivity index (χ3v) is 1.52. The summed E-state index contributed by atoms with van der Waals surface area (Å²) in [7, 11) is 0. The molecule has 0 radical (unpaired) electrons. The van der Waals surface area contributed by atoms with Crippen LogP contribution < -0.4 is 10.5 Å². The number of hydrogen-bond acceptors (Lipinski definition) is 3. The Morgan fingerprint density at radius 1 is 1.40 bits per heavy atom. The standard InChI is InChI=1S/C9H7F3N2O/c10-9(11,12)5-15-8-2-1-7(14)3-6(8)4-13/h1-3H,5,14H2. The number of ether oxygens (including phenoxy) is 1. The van der Waals surface area contributed by atoms with Crippen LogP contribution in [0.15, 0.2) is 18.2 Å². The van der Waals surface area contributed by atoms with Crippen LogP contribution in [0, 0.1) is 11.3 Å². The molecule has 80 valence electrons. The largest absolute Gasteiger partial charge is 0.483 e. The SMILES string of the molecule is N#Cc1cc(N)ccc1OCC(F)(F)F. The second-order valence-electron chi connectivity index (χ2n) is 2.77. The minimum atomic E-state index is -4.42. The molecule has 0 saturated heterocycles. The lowest BCUT2D eigenvalue weighted by Gasteiger charge is -2.10. The average molecular weight is 216 g/mol. The van der Waals surface area contributed by atoms with Crippen molar-refractivity contribution in [3.05, 3.63) is 23.8 Å². The van der Waals surface area contributed by atoms with E-state index in [1.165, 1.54) is 18.2 Å². The van der Waals surface area contributed by atoms with Crippen molar-refractivity contribution in [2.75, 3.05) is 12.3 Å². The summed E-state index contributed by atoms with van der Waals surface area (Å²) in [5.74, 6) is -0.121. The summed E-state index contributed by atoms with van der Waals surface area (Å²) in [6.45, 7) is -1.43. The molecule has 0 aromatic heterocycles. The van der Waals surface area contributed by atoms with Crippen LogP contribution >= 0.6 is 0 Å². The molecular weight excluding hydrogens is 209 g/mol. The topological polar surface area (TPSA) is 59.0 Å². The molecule has 0 aliphatic carbocycles. The Hall–Kier alpha value is -1.90. The molecule has 0 unspecified atom stereocenters. The van der Waals surface area contributed by atoms with Gasteiger partial charge in [0.25, 0.3) is 0 Å². The third kappa shape index (κ3) is 3.38. The van der Waals surface area contributed by atoms with Gasteiger partial charge in [0.05, 0.1) is 5.56 Å². The minimum Gasteiger partial charge on any atom is -0.483 e. The van der Waals surface area contributed by atoms with E-state index in [1.807, 2.05) is 0 Å². The molecule has 0 saturated carbocycles. The molecule has 1 rings (SSSR count). The Bertz CT molecular complexity index is 395. The molecule has 0 aliphatic rings. The highest BCUT2D eigenvalue weighted by molar-refractivity contribution is 5.53. The van der Waals surface area contributed by atoms with Gasteiger partial charge in [0, 0.05) is 5.69 Å². The first-order valence-electron chi connectivity index (χ1n) is 3.91. The summed E-state index contributed by atoms with van der Waals surface area (Å²) in [5.41, 5.74) is 5.64. The fraction of sp³-hybridized carbons (Fsp3) is 0.222. The maximum absolute atomic E-state index is 11.8. The molecule has 15 heavy (non-hydrogen) atoms. The molecule has 3 nitrogen and oxygen atoms in total. The summed E-state index contributed by atoms with van der Waals surface area (Å²) in [6.07, 6.45) is -4.42. The number of rotatable bonds is 2. The maximum Gasteiger partial charge on any atom is 0.422 e. The molecule has 2 N–H and O–H groups in total. The second kappa shape index (κ2) is 4.09. The van der Waals surface area contributed by atoms with E-state index in [0.717, 1.165) is 0 Å². The zero-order chi connectivity index (χ0) is 11.5. The van der Waals surface area contributed by atoms with Gasteiger partial charge in [-0.15, -0.1) is 0 Å². The van der Waals surface area contributed by atoms with Gasteiger partial charge in [-0.05, 0) is 18.2 Å². The van der Waals surface area contributed by atoms with Gasteiger partial charge in [-0.1, -0.05) is 0 Å². The summed E-state index contributed by atoms with van der Waals surface area (Å²) >= 11 is 0. The molecule has 6 heteroatoms. The van der Waals surface area contributed by atoms with Gasteiger partial charge in [-0.2, -0.15) is 18.4 Å². The molecule has 1 aromatic carbocycles. The summed E-state index contributed by atoms with van der Waals surface area (Å²) < 4.78 is 39.9. The molecule has 0 amide bonds. The van der Waals surface area contributed by atoms with Crippen molar-refractivity contribution in [1.82, 2.24) is 0 Å². The molecule has 1 aromatic rings. The van der Waals surface area contributed by atoms with Crippen molar-refractivity contribution < 1.29 is 17.9 Å². The van der Waals surface area contributed by atoms with Gasteiger partial charge >= 0.3 is 6.18 Å². The Kier molecular flexibility index (Phi) is 3.04. The highest BCUT2D eigenvalue weighted by Crippen LogP contribution is 2.23. The van der Waals surface area contributed by atoms with Gasteiger partial charge in [0.1, 0.15) is 11.8 Å². The monoisotopic (exact) mass is 216 g/mol. The number of halogens is 3. The van der Waals surface area contributed by atoms with Crippen LogP contribution in [-0.2, 0) is 0 Å². The normalized spacial score (nSPS) is 10.8. The Labute approximate surface area is 83.9 Å². The van der Waals surface area contributed by atoms with Crippen LogP contribution in [0.25, 0.3) is 0 Å². The lowest BCUT2D eigenvalue weighted by atomic mass is 10.2. The highest BCUT2D eigenvalue weighted by Gasteiger charge is 2.28. The third-order valence-electron chi connectivity index (χ3n) is 1.52. The van der Waals surface area contributed by atoms with Crippen molar-refractivity contribution in [3.63, 3.8) is 0 Å². The number of nitrogens with zero attached hydrogens (tertiary/aromatic N) is 1. The minimum absolute atomic E-state index is 0.0146. The van der Waals surface area contributed by atoms with E-state index in [9.17, 15) is 13.2 Å². The Morgan fingerprint density at radius 3 is 2.60 bits per heavy atom. The fourth-order valence-electron chi connectivity index (χ4n) is 0.920. The Morgan fingerprint density at radius 2 is 2.07 bits per heavy atom. The van der Waals surface area contributed by atoms with Crippen LogP contribution in [0.1, 0.15) is 5.56 Å². The molecule has 0 heterocycles. The van der Waals surface area contributed by atoms with E-state index in [1.54, 1.807) is 6.07 Å². The van der Waals surface area contributed by atoms with Crippen molar-refractivity contribution in [2.24, 2.45) is 0 Å². The van der Waals surface area contributed by atoms with Crippen LogP contribution in [0.3, 0.4) is 0 Å². The van der Waals surface area contributed by atoms with Gasteiger partial charge in [0.15, 0.2) is 6.61 Å². The van der Waals surface area contributed by atoms with E-state index in [0.29, 0.717) is 5.69 Å². The zero-order valence-corrected chi connectivity index (χ0v) is 7.51. The lowest BCUT2D eigenvalue weighted by Crippen LogP contribution is -2.19. The first kappa shape index (κ1) is 11.2. The first-order chi connectivity index (χ1) is 6.92. The highest BCUT2D eigenvalue weighted by atomic mass is 19.4. The lowest BCUT2D eigenvalue weighted by molar-refractivity contribution is -0.153. The van der Waals surface area contributed by atoms with E-state index in [-0.39, 0.29) is 11.3 Å². The molecule has 0 bridgehead atoms. The maximum atomic E-state index is 11.8. The smallest absolute Gasteiger partial charge is 0.422 e. The molecular formula is C9H7F3N2O. The zero-order valence-electron chi connectivity index (χ0n) is 7.51. The molecule has 0 spiro atoms. The van der Waals surface area contributed by atoms with Crippen LogP contribution in [0.5, 0.6) is 5.75 Å². The van der Waals surface area contributed by atoms with Crippen LogP contribution in [0.2, 0.25) is 0 Å². The van der Waals surface area contributed by atoms with E-state index in [2.05, 4.69) is 4.74 Å². The van der Waals surface area contributed by atoms with Crippen molar-refractivity contribution in [1.29, 1.82) is 5.26 Å². The van der Waals surface area contributed by atoms with Gasteiger partial charge < -0.3 is 10.5 Å². The number of nitrogen functional groups attached to an aromatic ring is 1. The van der Waals surface area contributed by atoms with Gasteiger partial charge in [-0.25, -0.2) is 0 Å². The first-order valence-corrected chi connectivity index (χ1v) is 3.91. The van der Waals surface area contributed by atoms with E-state index >= 15 is 0 Å². The van der Waals surface area contributed by atoms with Crippen LogP contribution in [0.4, 0.5) is 18.9 Å². The average Bonchev–Trinajstić information content (AvgIpc) is 2.14.